The highest BCUT2D eigenvalue weighted by molar-refractivity contribution is 7.89. The van der Waals surface area contributed by atoms with Crippen LogP contribution in [0.3, 0.4) is 0 Å². The van der Waals surface area contributed by atoms with E-state index in [1.54, 1.807) is 18.3 Å². The maximum absolute atomic E-state index is 13.2. The lowest BCUT2D eigenvalue weighted by atomic mass is 10.1. The summed E-state index contributed by atoms with van der Waals surface area (Å²) in [6, 6.07) is 13.3. The number of sulfonamides is 1. The molecule has 0 bridgehead atoms. The molecule has 0 aliphatic carbocycles. The zero-order valence-corrected chi connectivity index (χ0v) is 19.2. The van der Waals surface area contributed by atoms with Crippen LogP contribution in [0.25, 0.3) is 11.3 Å². The van der Waals surface area contributed by atoms with E-state index in [0.29, 0.717) is 5.69 Å². The van der Waals surface area contributed by atoms with Crippen molar-refractivity contribution in [3.8, 4) is 11.3 Å². The summed E-state index contributed by atoms with van der Waals surface area (Å²) in [7, 11) is -3.89. The number of H-pyrrole nitrogens is 1. The van der Waals surface area contributed by atoms with Gasteiger partial charge in [0.1, 0.15) is 4.90 Å². The lowest BCUT2D eigenvalue weighted by Crippen LogP contribution is -2.48. The Hall–Kier alpha value is -2.72. The van der Waals surface area contributed by atoms with Crippen molar-refractivity contribution in [1.82, 2.24) is 14.5 Å². The average Bonchev–Trinajstić information content (AvgIpc) is 3.28. The fourth-order valence-corrected chi connectivity index (χ4v) is 5.75. The first kappa shape index (κ1) is 22.5. The molecule has 168 valence electrons. The summed E-state index contributed by atoms with van der Waals surface area (Å²) >= 11 is 6.23. The van der Waals surface area contributed by atoms with Gasteiger partial charge in [0, 0.05) is 30.5 Å². The highest BCUT2D eigenvalue weighted by Crippen LogP contribution is 2.28. The summed E-state index contributed by atoms with van der Waals surface area (Å²) in [5.41, 5.74) is 2.56. The predicted octanol–water partition coefficient (Wildman–Crippen LogP) is 3.78. The molecule has 2 heterocycles. The number of nitrogens with zero attached hydrogens (tertiary/aromatic N) is 2. The van der Waals surface area contributed by atoms with Crippen molar-refractivity contribution in [2.45, 2.75) is 31.0 Å². The van der Waals surface area contributed by atoms with Crippen LogP contribution < -0.4 is 5.32 Å². The van der Waals surface area contributed by atoms with E-state index in [4.69, 9.17) is 16.3 Å². The number of halogens is 1. The van der Waals surface area contributed by atoms with Gasteiger partial charge in [0.05, 0.1) is 22.9 Å². The fraction of sp³-hybridized carbons (Fsp3) is 0.273. The molecule has 4 rings (SSSR count). The van der Waals surface area contributed by atoms with E-state index >= 15 is 0 Å². The van der Waals surface area contributed by atoms with Gasteiger partial charge >= 0.3 is 0 Å². The number of amides is 1. The molecule has 3 aromatic rings. The Morgan fingerprint density at radius 3 is 2.44 bits per heavy atom. The van der Waals surface area contributed by atoms with Gasteiger partial charge in [-0.2, -0.15) is 9.40 Å². The summed E-state index contributed by atoms with van der Waals surface area (Å²) in [4.78, 5) is 12.7. The number of hydrogen-bond acceptors (Lipinski definition) is 5. The molecule has 1 fully saturated rings. The fourth-order valence-electron chi connectivity index (χ4n) is 3.66. The zero-order valence-electron chi connectivity index (χ0n) is 17.6. The largest absolute Gasteiger partial charge is 0.373 e. The van der Waals surface area contributed by atoms with E-state index in [9.17, 15) is 13.2 Å². The first-order valence-electron chi connectivity index (χ1n) is 10.1. The van der Waals surface area contributed by atoms with E-state index in [0.717, 1.165) is 11.3 Å². The van der Waals surface area contributed by atoms with Crippen molar-refractivity contribution in [2.75, 3.05) is 18.4 Å². The number of morpholine rings is 1. The van der Waals surface area contributed by atoms with Crippen molar-refractivity contribution in [3.63, 3.8) is 0 Å². The summed E-state index contributed by atoms with van der Waals surface area (Å²) < 4.78 is 33.4. The summed E-state index contributed by atoms with van der Waals surface area (Å²) in [5, 5.41) is 9.65. The number of carbonyl (C=O) groups excluding carboxylic acids is 1. The molecule has 0 radical (unpaired) electrons. The highest BCUT2D eigenvalue weighted by atomic mass is 35.5. The Labute approximate surface area is 191 Å². The lowest BCUT2D eigenvalue weighted by Gasteiger charge is -2.34. The van der Waals surface area contributed by atoms with Crippen LogP contribution in [-0.4, -0.2) is 54.1 Å². The van der Waals surface area contributed by atoms with Crippen molar-refractivity contribution in [3.05, 3.63) is 65.3 Å². The molecular weight excluding hydrogens is 452 g/mol. The number of anilines is 1. The van der Waals surface area contributed by atoms with E-state index < -0.39 is 15.9 Å². The molecule has 1 aliphatic heterocycles. The lowest BCUT2D eigenvalue weighted by molar-refractivity contribution is -0.0440. The molecule has 32 heavy (non-hydrogen) atoms. The topological polar surface area (TPSA) is 104 Å². The second kappa shape index (κ2) is 9.03. The van der Waals surface area contributed by atoms with Gasteiger partial charge < -0.3 is 10.1 Å². The minimum Gasteiger partial charge on any atom is -0.373 e. The summed E-state index contributed by atoms with van der Waals surface area (Å²) in [6.45, 7) is 4.09. The molecule has 0 unspecified atom stereocenters. The number of carbonyl (C=O) groups is 1. The van der Waals surface area contributed by atoms with Crippen molar-refractivity contribution in [2.24, 2.45) is 0 Å². The zero-order chi connectivity index (χ0) is 22.9. The first-order chi connectivity index (χ1) is 15.2. The van der Waals surface area contributed by atoms with Gasteiger partial charge in [-0.1, -0.05) is 23.7 Å². The van der Waals surface area contributed by atoms with Gasteiger partial charge in [-0.3, -0.25) is 9.89 Å². The van der Waals surface area contributed by atoms with Crippen LogP contribution in [0.1, 0.15) is 24.2 Å². The van der Waals surface area contributed by atoms with E-state index in [1.807, 2.05) is 32.0 Å². The van der Waals surface area contributed by atoms with E-state index in [1.165, 1.54) is 22.5 Å². The average molecular weight is 475 g/mol. The molecule has 10 heteroatoms. The van der Waals surface area contributed by atoms with Gasteiger partial charge in [-0.05, 0) is 55.8 Å². The molecule has 2 atom stereocenters. The second-order valence-electron chi connectivity index (χ2n) is 7.73. The van der Waals surface area contributed by atoms with Crippen molar-refractivity contribution >= 4 is 33.2 Å². The Bertz CT molecular complexity index is 1200. The monoisotopic (exact) mass is 474 g/mol. The Morgan fingerprint density at radius 2 is 1.81 bits per heavy atom. The minimum absolute atomic E-state index is 0.0669. The van der Waals surface area contributed by atoms with Crippen LogP contribution in [0.2, 0.25) is 5.02 Å². The number of benzene rings is 2. The number of rotatable bonds is 5. The first-order valence-corrected chi connectivity index (χ1v) is 11.9. The quantitative estimate of drug-likeness (QED) is 0.585. The minimum atomic E-state index is -3.89. The smallest absolute Gasteiger partial charge is 0.255 e. The molecule has 2 N–H and O–H groups in total. The Balaban J connectivity index is 1.55. The van der Waals surface area contributed by atoms with Crippen LogP contribution >= 0.6 is 11.6 Å². The van der Waals surface area contributed by atoms with E-state index in [-0.39, 0.29) is 40.8 Å². The molecule has 0 spiro atoms. The number of nitrogens with one attached hydrogen (secondary N) is 2. The van der Waals surface area contributed by atoms with Gasteiger partial charge in [0.2, 0.25) is 10.0 Å². The molecule has 8 nitrogen and oxygen atoms in total. The number of hydrogen-bond donors (Lipinski definition) is 2. The molecule has 1 amide bonds. The molecule has 1 saturated heterocycles. The van der Waals surface area contributed by atoms with Crippen molar-refractivity contribution < 1.29 is 17.9 Å². The third kappa shape index (κ3) is 4.71. The van der Waals surface area contributed by atoms with Gasteiger partial charge in [-0.25, -0.2) is 8.42 Å². The molecular formula is C22H23ClN4O4S. The van der Waals surface area contributed by atoms with Crippen LogP contribution in [0.4, 0.5) is 5.69 Å². The van der Waals surface area contributed by atoms with Crippen LogP contribution in [0, 0.1) is 0 Å². The third-order valence-electron chi connectivity index (χ3n) is 5.15. The number of ether oxygens (including phenoxy) is 1. The van der Waals surface area contributed by atoms with Gasteiger partial charge in [0.15, 0.2) is 0 Å². The standard InChI is InChI=1S/C22H23ClN4O4S/c1-14-12-27(13-15(2)31-14)32(29,30)21-11-17(5-8-19(21)23)22(28)25-18-6-3-16(4-7-18)20-9-10-24-26-20/h3-11,14-15H,12-13H2,1-2H3,(H,24,26)(H,25,28)/t14-,15-/m0/s1. The van der Waals surface area contributed by atoms with Gasteiger partial charge in [-0.15, -0.1) is 0 Å². The summed E-state index contributed by atoms with van der Waals surface area (Å²) in [5.74, 6) is -0.434. The van der Waals surface area contributed by atoms with Gasteiger partial charge in [0.25, 0.3) is 5.91 Å². The normalized spacial score (nSPS) is 19.6. The number of aromatic amines is 1. The van der Waals surface area contributed by atoms with E-state index in [2.05, 4.69) is 15.5 Å². The summed E-state index contributed by atoms with van der Waals surface area (Å²) in [6.07, 6.45) is 1.20. The number of aromatic nitrogens is 2. The van der Waals surface area contributed by atoms with Crippen LogP contribution in [-0.2, 0) is 14.8 Å². The molecule has 0 saturated carbocycles. The second-order valence-corrected chi connectivity index (χ2v) is 10.0. The maximum atomic E-state index is 13.2. The third-order valence-corrected chi connectivity index (χ3v) is 7.47. The Morgan fingerprint density at radius 1 is 1.12 bits per heavy atom. The Kier molecular flexibility index (Phi) is 6.34. The molecule has 1 aliphatic rings. The van der Waals surface area contributed by atoms with Crippen LogP contribution in [0.5, 0.6) is 0 Å². The molecule has 1 aromatic heterocycles. The highest BCUT2D eigenvalue weighted by Gasteiger charge is 2.33. The van der Waals surface area contributed by atoms with Crippen LogP contribution in [0.15, 0.2) is 59.6 Å². The maximum Gasteiger partial charge on any atom is 0.255 e. The SMILES string of the molecule is C[C@H]1CN(S(=O)(=O)c2cc(C(=O)Nc3ccc(-c4ccn[nH]4)cc3)ccc2Cl)C[C@H](C)O1. The molecule has 2 aromatic carbocycles. The van der Waals surface area contributed by atoms with Crippen molar-refractivity contribution in [1.29, 1.82) is 0 Å². The predicted molar refractivity (Wildman–Crippen MR) is 122 cm³/mol.